The van der Waals surface area contributed by atoms with Crippen LogP contribution in [0.15, 0.2) is 54.6 Å². The fourth-order valence-electron chi connectivity index (χ4n) is 3.57. The van der Waals surface area contributed by atoms with Gasteiger partial charge in [0.2, 0.25) is 0 Å². The monoisotopic (exact) mass is 354 g/mol. The Balaban J connectivity index is 1.94. The van der Waals surface area contributed by atoms with Crippen LogP contribution in [0, 0.1) is 0 Å². The molecule has 5 heteroatoms. The Morgan fingerprint density at radius 2 is 1.69 bits per heavy atom. The van der Waals surface area contributed by atoms with Gasteiger partial charge in [0.25, 0.3) is 0 Å². The Labute approximate surface area is 154 Å². The van der Waals surface area contributed by atoms with Crippen LogP contribution in [0.3, 0.4) is 0 Å². The Bertz CT molecular complexity index is 725. The van der Waals surface area contributed by atoms with Gasteiger partial charge in [0.1, 0.15) is 5.54 Å². The van der Waals surface area contributed by atoms with Gasteiger partial charge in [0, 0.05) is 25.2 Å². The summed E-state index contributed by atoms with van der Waals surface area (Å²) in [5.74, 6) is -0.842. The number of ether oxygens (including phenoxy) is 1. The molecule has 1 atom stereocenters. The number of aliphatic carboxylic acids is 1. The highest BCUT2D eigenvalue weighted by Crippen LogP contribution is 2.33. The Hall–Kier alpha value is -2.37. The highest BCUT2D eigenvalue weighted by atomic mass is 16.5. The van der Waals surface area contributed by atoms with Gasteiger partial charge in [0.05, 0.1) is 13.2 Å². The number of benzene rings is 2. The average molecular weight is 354 g/mol. The van der Waals surface area contributed by atoms with E-state index in [4.69, 9.17) is 4.74 Å². The van der Waals surface area contributed by atoms with E-state index in [0.29, 0.717) is 6.42 Å². The van der Waals surface area contributed by atoms with Crippen molar-refractivity contribution < 1.29 is 14.6 Å². The van der Waals surface area contributed by atoms with Crippen molar-refractivity contribution in [2.75, 3.05) is 45.3 Å². The Kier molecular flexibility index (Phi) is 5.59. The van der Waals surface area contributed by atoms with E-state index < -0.39 is 11.5 Å². The maximum atomic E-state index is 12.4. The number of carboxylic acids is 1. The molecule has 0 amide bonds. The number of anilines is 1. The van der Waals surface area contributed by atoms with E-state index in [9.17, 15) is 9.90 Å². The number of nitrogens with zero attached hydrogens (tertiary/aromatic N) is 2. The van der Waals surface area contributed by atoms with Gasteiger partial charge >= 0.3 is 5.97 Å². The molecule has 0 saturated carbocycles. The van der Waals surface area contributed by atoms with Crippen LogP contribution in [0.5, 0.6) is 0 Å². The van der Waals surface area contributed by atoms with Crippen LogP contribution < -0.4 is 4.90 Å². The molecule has 1 aliphatic heterocycles. The smallest absolute Gasteiger partial charge is 0.329 e. The van der Waals surface area contributed by atoms with E-state index in [0.717, 1.165) is 43.1 Å². The highest BCUT2D eigenvalue weighted by Gasteiger charge is 2.43. The van der Waals surface area contributed by atoms with Gasteiger partial charge < -0.3 is 14.7 Å². The largest absolute Gasteiger partial charge is 0.480 e. The van der Waals surface area contributed by atoms with Gasteiger partial charge in [-0.25, -0.2) is 4.79 Å². The van der Waals surface area contributed by atoms with E-state index in [1.54, 1.807) is 4.90 Å². The number of carboxylic acid groups (broad SMARTS) is 1. The summed E-state index contributed by atoms with van der Waals surface area (Å²) in [4.78, 5) is 16.4. The molecule has 1 saturated heterocycles. The molecule has 0 radical (unpaired) electrons. The van der Waals surface area contributed by atoms with Gasteiger partial charge in [-0.2, -0.15) is 0 Å². The molecular weight excluding hydrogens is 328 g/mol. The Morgan fingerprint density at radius 3 is 2.23 bits per heavy atom. The number of carbonyl (C=O) groups is 1. The molecule has 2 aromatic carbocycles. The number of likely N-dealkylation sites (N-methyl/N-ethyl adjacent to an activating group) is 1. The molecule has 5 nitrogen and oxygen atoms in total. The van der Waals surface area contributed by atoms with Gasteiger partial charge in [0.15, 0.2) is 0 Å². The van der Waals surface area contributed by atoms with Crippen LogP contribution in [0.25, 0.3) is 0 Å². The van der Waals surface area contributed by atoms with E-state index in [2.05, 4.69) is 4.90 Å². The number of morpholine rings is 1. The van der Waals surface area contributed by atoms with Crippen molar-refractivity contribution in [3.63, 3.8) is 0 Å². The van der Waals surface area contributed by atoms with Crippen molar-refractivity contribution in [1.29, 1.82) is 0 Å². The SMILES string of the molecule is CN(C)C(Cc1ccccc1)(C(=O)O)c1ccc(N2CCOCC2)cc1. The van der Waals surface area contributed by atoms with Crippen molar-refractivity contribution >= 4 is 11.7 Å². The number of hydrogen-bond acceptors (Lipinski definition) is 4. The summed E-state index contributed by atoms with van der Waals surface area (Å²) in [5, 5.41) is 10.2. The van der Waals surface area contributed by atoms with Crippen LogP contribution in [-0.4, -0.2) is 56.4 Å². The first kappa shape index (κ1) is 18.4. The molecule has 1 heterocycles. The molecule has 0 bridgehead atoms. The quantitative estimate of drug-likeness (QED) is 0.864. The van der Waals surface area contributed by atoms with Crippen LogP contribution in [-0.2, 0) is 21.5 Å². The molecular formula is C21H26N2O3. The zero-order valence-electron chi connectivity index (χ0n) is 15.4. The molecule has 1 N–H and O–H groups in total. The third-order valence-corrected chi connectivity index (χ3v) is 5.14. The summed E-state index contributed by atoms with van der Waals surface area (Å²) in [7, 11) is 3.65. The van der Waals surface area contributed by atoms with Crippen molar-refractivity contribution in [1.82, 2.24) is 4.90 Å². The lowest BCUT2D eigenvalue weighted by atomic mass is 9.82. The van der Waals surface area contributed by atoms with E-state index in [-0.39, 0.29) is 0 Å². The minimum Gasteiger partial charge on any atom is -0.480 e. The maximum absolute atomic E-state index is 12.4. The molecule has 0 aliphatic carbocycles. The van der Waals surface area contributed by atoms with Crippen LogP contribution in [0.1, 0.15) is 11.1 Å². The Morgan fingerprint density at radius 1 is 1.08 bits per heavy atom. The lowest BCUT2D eigenvalue weighted by Crippen LogP contribution is -2.50. The average Bonchev–Trinajstić information content (AvgIpc) is 2.67. The lowest BCUT2D eigenvalue weighted by Gasteiger charge is -2.37. The first-order chi connectivity index (χ1) is 12.5. The second-order valence-corrected chi connectivity index (χ2v) is 6.87. The fourth-order valence-corrected chi connectivity index (χ4v) is 3.57. The van der Waals surface area contributed by atoms with Gasteiger partial charge in [-0.15, -0.1) is 0 Å². The van der Waals surface area contributed by atoms with E-state index in [1.807, 2.05) is 68.7 Å². The van der Waals surface area contributed by atoms with Crippen molar-refractivity contribution in [2.45, 2.75) is 12.0 Å². The summed E-state index contributed by atoms with van der Waals surface area (Å²) in [6.07, 6.45) is 0.410. The first-order valence-corrected chi connectivity index (χ1v) is 8.92. The highest BCUT2D eigenvalue weighted by molar-refractivity contribution is 5.81. The van der Waals surface area contributed by atoms with E-state index in [1.165, 1.54) is 0 Å². The van der Waals surface area contributed by atoms with Crippen molar-refractivity contribution in [3.05, 3.63) is 65.7 Å². The van der Waals surface area contributed by atoms with Gasteiger partial charge in [-0.05, 0) is 37.4 Å². The molecule has 1 fully saturated rings. The minimum absolute atomic E-state index is 0.410. The normalized spacial score (nSPS) is 17.1. The molecule has 3 rings (SSSR count). The molecule has 1 aliphatic rings. The van der Waals surface area contributed by atoms with Crippen LogP contribution in [0.4, 0.5) is 5.69 Å². The molecule has 2 aromatic rings. The van der Waals surface area contributed by atoms with E-state index >= 15 is 0 Å². The maximum Gasteiger partial charge on any atom is 0.329 e. The molecule has 0 spiro atoms. The van der Waals surface area contributed by atoms with Crippen molar-refractivity contribution in [2.24, 2.45) is 0 Å². The predicted molar refractivity (Wildman–Crippen MR) is 103 cm³/mol. The summed E-state index contributed by atoms with van der Waals surface area (Å²) in [6, 6.07) is 17.7. The van der Waals surface area contributed by atoms with Gasteiger partial charge in [-0.1, -0.05) is 42.5 Å². The topological polar surface area (TPSA) is 53.0 Å². The second kappa shape index (κ2) is 7.89. The predicted octanol–water partition coefficient (Wildman–Crippen LogP) is 2.61. The van der Waals surface area contributed by atoms with Gasteiger partial charge in [-0.3, -0.25) is 4.90 Å². The third-order valence-electron chi connectivity index (χ3n) is 5.14. The molecule has 26 heavy (non-hydrogen) atoms. The first-order valence-electron chi connectivity index (χ1n) is 8.92. The second-order valence-electron chi connectivity index (χ2n) is 6.87. The summed E-state index contributed by atoms with van der Waals surface area (Å²) >= 11 is 0. The molecule has 138 valence electrons. The zero-order valence-corrected chi connectivity index (χ0v) is 15.4. The minimum atomic E-state index is -1.11. The van der Waals surface area contributed by atoms with Crippen LogP contribution >= 0.6 is 0 Å². The summed E-state index contributed by atoms with van der Waals surface area (Å²) in [5.41, 5.74) is 1.79. The fraction of sp³-hybridized carbons (Fsp3) is 0.381. The third kappa shape index (κ3) is 3.59. The van der Waals surface area contributed by atoms with Crippen molar-refractivity contribution in [3.8, 4) is 0 Å². The number of rotatable bonds is 6. The number of hydrogen-bond donors (Lipinski definition) is 1. The molecule has 1 unspecified atom stereocenters. The molecule has 0 aromatic heterocycles. The summed E-state index contributed by atoms with van der Waals surface area (Å²) in [6.45, 7) is 3.18. The standard InChI is InChI=1S/C21H26N2O3/c1-22(2)21(20(24)25,16-17-6-4-3-5-7-17)18-8-10-19(11-9-18)23-12-14-26-15-13-23/h3-11H,12-16H2,1-2H3,(H,24,25). The lowest BCUT2D eigenvalue weighted by molar-refractivity contribution is -0.150. The zero-order chi connectivity index (χ0) is 18.6. The summed E-state index contributed by atoms with van der Waals surface area (Å²) < 4.78 is 5.40. The van der Waals surface area contributed by atoms with Crippen LogP contribution in [0.2, 0.25) is 0 Å².